The predicted octanol–water partition coefficient (Wildman–Crippen LogP) is 1.93. The van der Waals surface area contributed by atoms with Gasteiger partial charge in [-0.3, -0.25) is 0 Å². The number of rotatable bonds is 1. The Kier molecular flexibility index (Phi) is 1.86. The molecular formula is C13H13N2O+. The van der Waals surface area contributed by atoms with Crippen LogP contribution in [0.3, 0.4) is 0 Å². The minimum absolute atomic E-state index is 0.890. The Hall–Kier alpha value is -2.03. The molecule has 0 atom stereocenters. The number of benzene rings is 1. The van der Waals surface area contributed by atoms with Crippen LogP contribution in [-0.4, -0.2) is 11.5 Å². The molecule has 0 N–H and O–H groups in total. The van der Waals surface area contributed by atoms with Gasteiger partial charge in [0.2, 0.25) is 5.75 Å². The zero-order valence-electron chi connectivity index (χ0n) is 9.34. The average Bonchev–Trinajstić information content (AvgIpc) is 2.64. The number of nitrogens with zero attached hydrogens (tertiary/aromatic N) is 2. The fraction of sp³-hybridized carbons (Fsp3) is 0.154. The SMILES string of the molecule is COc1cccn2c3ccccc3[n+](C)c12. The van der Waals surface area contributed by atoms with E-state index in [1.165, 1.54) is 11.0 Å². The number of methoxy groups -OCH3 is 1. The van der Waals surface area contributed by atoms with Crippen molar-refractivity contribution in [1.82, 2.24) is 4.40 Å². The highest BCUT2D eigenvalue weighted by Crippen LogP contribution is 2.21. The Morgan fingerprint density at radius 2 is 1.94 bits per heavy atom. The number of pyridine rings is 1. The number of fused-ring (bicyclic) bond motifs is 3. The van der Waals surface area contributed by atoms with Crippen LogP contribution in [0.15, 0.2) is 42.6 Å². The van der Waals surface area contributed by atoms with Crippen molar-refractivity contribution in [1.29, 1.82) is 0 Å². The molecule has 0 radical (unpaired) electrons. The molecule has 0 spiro atoms. The van der Waals surface area contributed by atoms with Gasteiger partial charge in [0, 0.05) is 0 Å². The summed E-state index contributed by atoms with van der Waals surface area (Å²) in [5, 5.41) is 0. The topological polar surface area (TPSA) is 17.5 Å². The van der Waals surface area contributed by atoms with Crippen LogP contribution in [-0.2, 0) is 7.05 Å². The lowest BCUT2D eigenvalue weighted by atomic mass is 10.3. The van der Waals surface area contributed by atoms with Gasteiger partial charge in [-0.2, -0.15) is 4.40 Å². The van der Waals surface area contributed by atoms with Gasteiger partial charge < -0.3 is 4.74 Å². The second-order valence-corrected chi connectivity index (χ2v) is 3.82. The third kappa shape index (κ3) is 1.05. The molecule has 0 amide bonds. The van der Waals surface area contributed by atoms with E-state index in [-0.39, 0.29) is 0 Å². The first-order valence-corrected chi connectivity index (χ1v) is 5.24. The van der Waals surface area contributed by atoms with Gasteiger partial charge in [0.05, 0.1) is 20.4 Å². The van der Waals surface area contributed by atoms with E-state index in [0.717, 1.165) is 11.4 Å². The summed E-state index contributed by atoms with van der Waals surface area (Å²) in [5.41, 5.74) is 3.47. The maximum absolute atomic E-state index is 5.40. The first kappa shape index (κ1) is 9.21. The number of ether oxygens (including phenoxy) is 1. The predicted molar refractivity (Wildman–Crippen MR) is 62.6 cm³/mol. The van der Waals surface area contributed by atoms with E-state index in [2.05, 4.69) is 34.3 Å². The Bertz CT molecular complexity index is 670. The smallest absolute Gasteiger partial charge is 0.330 e. The number of para-hydroxylation sites is 2. The van der Waals surface area contributed by atoms with Crippen molar-refractivity contribution in [2.75, 3.05) is 7.11 Å². The third-order valence-electron chi connectivity index (χ3n) is 2.97. The summed E-state index contributed by atoms with van der Waals surface area (Å²) in [5.74, 6) is 0.890. The van der Waals surface area contributed by atoms with Crippen molar-refractivity contribution < 1.29 is 9.30 Å². The molecule has 2 aromatic heterocycles. The van der Waals surface area contributed by atoms with E-state index in [1.807, 2.05) is 24.3 Å². The van der Waals surface area contributed by atoms with Gasteiger partial charge >= 0.3 is 5.65 Å². The van der Waals surface area contributed by atoms with Gasteiger partial charge in [-0.15, -0.1) is 0 Å². The highest BCUT2D eigenvalue weighted by molar-refractivity contribution is 5.77. The molecule has 80 valence electrons. The number of hydrogen-bond donors (Lipinski definition) is 0. The average molecular weight is 213 g/mol. The van der Waals surface area contributed by atoms with Gasteiger partial charge in [-0.1, -0.05) is 12.1 Å². The fourth-order valence-corrected chi connectivity index (χ4v) is 2.23. The van der Waals surface area contributed by atoms with Gasteiger partial charge in [0.15, 0.2) is 11.0 Å². The highest BCUT2D eigenvalue weighted by Gasteiger charge is 2.19. The molecule has 0 fully saturated rings. The standard InChI is InChI=1S/C13H13N2O/c1-14-10-6-3-4-7-11(10)15-9-5-8-12(16-2)13(14)15/h3-9H,1-2H3/q+1. The zero-order valence-corrected chi connectivity index (χ0v) is 9.34. The number of aromatic nitrogens is 2. The number of imidazole rings is 1. The van der Waals surface area contributed by atoms with E-state index >= 15 is 0 Å². The van der Waals surface area contributed by atoms with E-state index in [1.54, 1.807) is 7.11 Å². The molecule has 1 aromatic carbocycles. The molecule has 3 aromatic rings. The largest absolute Gasteiger partial charge is 0.489 e. The van der Waals surface area contributed by atoms with Gasteiger partial charge in [-0.05, 0) is 24.3 Å². The Morgan fingerprint density at radius 3 is 2.75 bits per heavy atom. The molecule has 0 saturated carbocycles. The summed E-state index contributed by atoms with van der Waals surface area (Å²) in [6.45, 7) is 0. The molecule has 0 aliphatic heterocycles. The lowest BCUT2D eigenvalue weighted by Gasteiger charge is -1.97. The molecule has 3 heteroatoms. The van der Waals surface area contributed by atoms with Gasteiger partial charge in [0.1, 0.15) is 0 Å². The van der Waals surface area contributed by atoms with Crippen molar-refractivity contribution in [3.05, 3.63) is 42.6 Å². The number of hydrogen-bond acceptors (Lipinski definition) is 1. The molecule has 0 bridgehead atoms. The molecule has 16 heavy (non-hydrogen) atoms. The summed E-state index contributed by atoms with van der Waals surface area (Å²) < 4.78 is 9.69. The Labute approximate surface area is 93.5 Å². The third-order valence-corrected chi connectivity index (χ3v) is 2.97. The molecule has 2 heterocycles. The van der Waals surface area contributed by atoms with E-state index < -0.39 is 0 Å². The summed E-state index contributed by atoms with van der Waals surface area (Å²) in [7, 11) is 3.76. The minimum atomic E-state index is 0.890. The first-order valence-electron chi connectivity index (χ1n) is 5.24. The highest BCUT2D eigenvalue weighted by atomic mass is 16.5. The molecular weight excluding hydrogens is 200 g/mol. The van der Waals surface area contributed by atoms with E-state index in [9.17, 15) is 0 Å². The van der Waals surface area contributed by atoms with E-state index in [4.69, 9.17) is 4.74 Å². The second-order valence-electron chi connectivity index (χ2n) is 3.82. The molecule has 0 aliphatic rings. The molecule has 3 rings (SSSR count). The maximum atomic E-state index is 5.40. The quantitative estimate of drug-likeness (QED) is 0.565. The lowest BCUT2D eigenvalue weighted by molar-refractivity contribution is -0.618. The molecule has 0 saturated heterocycles. The van der Waals surface area contributed by atoms with Crippen LogP contribution < -0.4 is 9.30 Å². The van der Waals surface area contributed by atoms with Gasteiger partial charge in [-0.25, -0.2) is 4.57 Å². The number of aryl methyl sites for hydroxylation is 1. The maximum Gasteiger partial charge on any atom is 0.330 e. The molecule has 0 aliphatic carbocycles. The summed E-state index contributed by atoms with van der Waals surface area (Å²) in [6, 6.07) is 12.3. The van der Waals surface area contributed by atoms with Crippen LogP contribution in [0.5, 0.6) is 5.75 Å². The monoisotopic (exact) mass is 213 g/mol. The van der Waals surface area contributed by atoms with Crippen molar-refractivity contribution in [2.45, 2.75) is 0 Å². The van der Waals surface area contributed by atoms with Gasteiger partial charge in [0.25, 0.3) is 0 Å². The molecule has 0 unspecified atom stereocenters. The van der Waals surface area contributed by atoms with Crippen LogP contribution in [0, 0.1) is 0 Å². The van der Waals surface area contributed by atoms with Crippen LogP contribution >= 0.6 is 0 Å². The van der Waals surface area contributed by atoms with Crippen LogP contribution in [0.1, 0.15) is 0 Å². The zero-order chi connectivity index (χ0) is 11.1. The van der Waals surface area contributed by atoms with Crippen LogP contribution in [0.25, 0.3) is 16.7 Å². The summed E-state index contributed by atoms with van der Waals surface area (Å²) in [4.78, 5) is 0. The summed E-state index contributed by atoms with van der Waals surface area (Å²) in [6.07, 6.45) is 2.06. The Morgan fingerprint density at radius 1 is 1.12 bits per heavy atom. The first-order chi connectivity index (χ1) is 7.83. The minimum Gasteiger partial charge on any atom is -0.489 e. The van der Waals surface area contributed by atoms with Crippen LogP contribution in [0.4, 0.5) is 0 Å². The summed E-state index contributed by atoms with van der Waals surface area (Å²) >= 11 is 0. The second kappa shape index (κ2) is 3.23. The van der Waals surface area contributed by atoms with Crippen molar-refractivity contribution in [3.63, 3.8) is 0 Å². The Balaban J connectivity index is 2.61. The van der Waals surface area contributed by atoms with Crippen LogP contribution in [0.2, 0.25) is 0 Å². The lowest BCUT2D eigenvalue weighted by Crippen LogP contribution is -2.27. The van der Waals surface area contributed by atoms with Crippen molar-refractivity contribution >= 4 is 16.7 Å². The molecule has 3 nitrogen and oxygen atoms in total. The van der Waals surface area contributed by atoms with Crippen molar-refractivity contribution in [2.24, 2.45) is 7.05 Å². The normalized spacial score (nSPS) is 11.1. The van der Waals surface area contributed by atoms with E-state index in [0.29, 0.717) is 0 Å². The van der Waals surface area contributed by atoms with Crippen molar-refractivity contribution in [3.8, 4) is 5.75 Å². The fourth-order valence-electron chi connectivity index (χ4n) is 2.23.